The van der Waals surface area contributed by atoms with Gasteiger partial charge in [-0.05, 0) is 36.4 Å². The summed E-state index contributed by atoms with van der Waals surface area (Å²) in [6.45, 7) is 0.419. The Kier molecular flexibility index (Phi) is 6.53. The van der Waals surface area contributed by atoms with Crippen LogP contribution in [0.4, 0.5) is 0 Å². The number of hydrogen-bond acceptors (Lipinski definition) is 8. The van der Waals surface area contributed by atoms with Crippen molar-refractivity contribution in [3.63, 3.8) is 0 Å². The van der Waals surface area contributed by atoms with Crippen LogP contribution in [0, 0.1) is 0 Å². The third-order valence-electron chi connectivity index (χ3n) is 4.14. The minimum atomic E-state index is -0.359. The highest BCUT2D eigenvalue weighted by Crippen LogP contribution is 2.26. The highest BCUT2D eigenvalue weighted by atomic mass is 79.9. The van der Waals surface area contributed by atoms with Gasteiger partial charge in [-0.25, -0.2) is 0 Å². The average Bonchev–Trinajstić information content (AvgIpc) is 3.06. The van der Waals surface area contributed by atoms with E-state index in [-0.39, 0.29) is 75.8 Å². The Morgan fingerprint density at radius 1 is 0.714 bits per heavy atom. The van der Waals surface area contributed by atoms with Crippen molar-refractivity contribution in [1.29, 1.82) is 0 Å². The topological polar surface area (TPSA) is 122 Å². The van der Waals surface area contributed by atoms with Crippen molar-refractivity contribution in [2.24, 2.45) is 0 Å². The molecule has 0 unspecified atom stereocenters. The van der Waals surface area contributed by atoms with Crippen LogP contribution >= 0.6 is 17.0 Å². The molecule has 0 fully saturated rings. The van der Waals surface area contributed by atoms with Gasteiger partial charge in [0.25, 0.3) is 0 Å². The predicted molar refractivity (Wildman–Crippen MR) is 106 cm³/mol. The first-order valence-corrected chi connectivity index (χ1v) is 8.10. The predicted octanol–water partition coefficient (Wildman–Crippen LogP) is 2.20. The van der Waals surface area contributed by atoms with Gasteiger partial charge in [-0.3, -0.25) is 9.59 Å². The van der Waals surface area contributed by atoms with Gasteiger partial charge < -0.3 is 30.2 Å². The average molecular weight is 451 g/mol. The van der Waals surface area contributed by atoms with Crippen molar-refractivity contribution in [2.45, 2.75) is 0 Å². The number of Topliss-reactive ketones (excluding diaryl/α,β-unsaturated/α-hetero) is 2. The number of benzene rings is 2. The normalized spacial score (nSPS) is 12.7. The molecule has 148 valence electrons. The summed E-state index contributed by atoms with van der Waals surface area (Å²) in [5.41, 5.74) is 0.542. The molecule has 1 aliphatic heterocycles. The highest BCUT2D eigenvalue weighted by Gasteiger charge is 2.20. The number of nitrogens with zero attached hydrogens (tertiary/aromatic N) is 2. The van der Waals surface area contributed by atoms with Crippen molar-refractivity contribution in [3.05, 3.63) is 59.9 Å². The number of ketones is 2. The summed E-state index contributed by atoms with van der Waals surface area (Å²) in [7, 11) is 0. The van der Waals surface area contributed by atoms with E-state index in [4.69, 9.17) is 0 Å². The summed E-state index contributed by atoms with van der Waals surface area (Å²) in [6.07, 6.45) is 3.36. The summed E-state index contributed by atoms with van der Waals surface area (Å²) in [5, 5.41) is 37.6. The molecule has 2 aromatic rings. The molecule has 1 heterocycles. The van der Waals surface area contributed by atoms with Gasteiger partial charge in [0.1, 0.15) is 0 Å². The Morgan fingerprint density at radius 2 is 1.11 bits per heavy atom. The van der Waals surface area contributed by atoms with E-state index >= 15 is 0 Å². The van der Waals surface area contributed by atoms with Crippen molar-refractivity contribution in [2.75, 3.05) is 19.8 Å². The first-order valence-electron chi connectivity index (χ1n) is 8.10. The van der Waals surface area contributed by atoms with Gasteiger partial charge in [0.15, 0.2) is 34.6 Å². The van der Waals surface area contributed by atoms with Gasteiger partial charge >= 0.3 is 0 Å². The molecule has 9 heteroatoms. The second kappa shape index (κ2) is 8.66. The standard InChI is InChI=1S/C19H18N2O6.BrH/c22-14-3-1-12(7-16(14)24)18(26)9-20-5-6-21(11-20)10-19(27)13-2-4-15(23)17(25)8-13;/h1-8,22-25H,9-11H2;1H. The van der Waals surface area contributed by atoms with E-state index in [0.717, 1.165) is 0 Å². The van der Waals surface area contributed by atoms with Crippen molar-refractivity contribution < 1.29 is 30.0 Å². The minimum absolute atomic E-state index is 0. The zero-order chi connectivity index (χ0) is 19.6. The van der Waals surface area contributed by atoms with Gasteiger partial charge in [-0.1, -0.05) is 0 Å². The van der Waals surface area contributed by atoms with Crippen LogP contribution in [-0.4, -0.2) is 61.6 Å². The smallest absolute Gasteiger partial charge is 0.182 e. The zero-order valence-electron chi connectivity index (χ0n) is 14.6. The summed E-state index contributed by atoms with van der Waals surface area (Å²) in [4.78, 5) is 28.0. The second-order valence-electron chi connectivity index (χ2n) is 6.19. The van der Waals surface area contributed by atoms with Crippen LogP contribution in [0.2, 0.25) is 0 Å². The van der Waals surface area contributed by atoms with E-state index in [9.17, 15) is 30.0 Å². The molecule has 0 radical (unpaired) electrons. The molecule has 0 saturated heterocycles. The van der Waals surface area contributed by atoms with E-state index in [0.29, 0.717) is 6.67 Å². The second-order valence-corrected chi connectivity index (χ2v) is 6.19. The number of phenols is 4. The largest absolute Gasteiger partial charge is 0.504 e. The number of rotatable bonds is 6. The van der Waals surface area contributed by atoms with Crippen LogP contribution < -0.4 is 0 Å². The maximum atomic E-state index is 12.3. The Hall–Kier alpha value is -3.20. The quantitative estimate of drug-likeness (QED) is 0.390. The molecule has 0 aromatic heterocycles. The third kappa shape index (κ3) is 4.74. The van der Waals surface area contributed by atoms with Crippen molar-refractivity contribution >= 4 is 28.5 Å². The van der Waals surface area contributed by atoms with E-state index in [1.54, 1.807) is 22.2 Å². The Labute approximate surface area is 171 Å². The lowest BCUT2D eigenvalue weighted by Gasteiger charge is -2.20. The number of carbonyl (C=O) groups excluding carboxylic acids is 2. The summed E-state index contributed by atoms with van der Waals surface area (Å²) >= 11 is 0. The molecule has 0 saturated carbocycles. The lowest BCUT2D eigenvalue weighted by Crippen LogP contribution is -2.32. The molecule has 4 N–H and O–H groups in total. The molecular formula is C19H19BrN2O6. The molecule has 3 rings (SSSR count). The van der Waals surface area contributed by atoms with Gasteiger partial charge in [-0.15, -0.1) is 17.0 Å². The third-order valence-corrected chi connectivity index (χ3v) is 4.14. The van der Waals surface area contributed by atoms with Crippen molar-refractivity contribution in [1.82, 2.24) is 9.80 Å². The maximum absolute atomic E-state index is 12.3. The summed E-state index contributed by atoms with van der Waals surface area (Å²) < 4.78 is 0. The number of halogens is 1. The van der Waals surface area contributed by atoms with Crippen LogP contribution in [0.15, 0.2) is 48.8 Å². The van der Waals surface area contributed by atoms with Gasteiger partial charge in [0.05, 0.1) is 19.8 Å². The molecule has 2 aromatic carbocycles. The fraction of sp³-hybridized carbons (Fsp3) is 0.158. The summed E-state index contributed by atoms with van der Waals surface area (Å²) in [5.74, 6) is -1.79. The van der Waals surface area contributed by atoms with Crippen LogP contribution in [0.25, 0.3) is 0 Å². The molecule has 0 amide bonds. The first kappa shape index (κ1) is 21.1. The van der Waals surface area contributed by atoms with Gasteiger partial charge in [0, 0.05) is 23.5 Å². The molecule has 1 aliphatic rings. The van der Waals surface area contributed by atoms with E-state index in [2.05, 4.69) is 0 Å². The Balaban J connectivity index is 0.00000280. The Bertz CT molecular complexity index is 857. The van der Waals surface area contributed by atoms with Crippen molar-refractivity contribution in [3.8, 4) is 23.0 Å². The van der Waals surface area contributed by atoms with E-state index in [1.807, 2.05) is 0 Å². The zero-order valence-corrected chi connectivity index (χ0v) is 16.4. The fourth-order valence-electron chi connectivity index (χ4n) is 2.67. The number of aromatic hydroxyl groups is 4. The Morgan fingerprint density at radius 3 is 1.46 bits per heavy atom. The first-order chi connectivity index (χ1) is 12.8. The fourth-order valence-corrected chi connectivity index (χ4v) is 2.67. The monoisotopic (exact) mass is 450 g/mol. The molecule has 0 atom stereocenters. The number of phenolic OH excluding ortho intramolecular Hbond substituents is 4. The molecule has 28 heavy (non-hydrogen) atoms. The number of carbonyl (C=O) groups is 2. The molecule has 0 aliphatic carbocycles. The summed E-state index contributed by atoms with van der Waals surface area (Å²) in [6, 6.07) is 7.76. The maximum Gasteiger partial charge on any atom is 0.182 e. The van der Waals surface area contributed by atoms with Crippen LogP contribution in [0.5, 0.6) is 23.0 Å². The lowest BCUT2D eigenvalue weighted by atomic mass is 10.1. The van der Waals surface area contributed by atoms with E-state index < -0.39 is 0 Å². The minimum Gasteiger partial charge on any atom is -0.504 e. The van der Waals surface area contributed by atoms with E-state index in [1.165, 1.54) is 36.4 Å². The molecule has 8 nitrogen and oxygen atoms in total. The molecule has 0 bridgehead atoms. The SMILES string of the molecule is Br.O=C(CN1C=CN(CC(=O)c2ccc(O)c(O)c2)C1)c1ccc(O)c(O)c1. The number of hydrogen-bond donors (Lipinski definition) is 4. The molecule has 0 spiro atoms. The van der Waals surface area contributed by atoms with Crippen LogP contribution in [-0.2, 0) is 0 Å². The highest BCUT2D eigenvalue weighted by molar-refractivity contribution is 8.93. The van der Waals surface area contributed by atoms with Crippen LogP contribution in [0.3, 0.4) is 0 Å². The van der Waals surface area contributed by atoms with Gasteiger partial charge in [0.2, 0.25) is 0 Å². The lowest BCUT2D eigenvalue weighted by molar-refractivity contribution is 0.0920. The van der Waals surface area contributed by atoms with Crippen LogP contribution in [0.1, 0.15) is 20.7 Å². The molecular weight excluding hydrogens is 432 g/mol. The van der Waals surface area contributed by atoms with Gasteiger partial charge in [-0.2, -0.15) is 0 Å².